The Bertz CT molecular complexity index is 861. The Labute approximate surface area is 152 Å². The molecule has 1 fully saturated rings. The van der Waals surface area contributed by atoms with Crippen molar-refractivity contribution in [3.05, 3.63) is 29.0 Å². The highest BCUT2D eigenvalue weighted by molar-refractivity contribution is 8.00. The third kappa shape index (κ3) is 3.51. The molecule has 0 spiro atoms. The zero-order chi connectivity index (χ0) is 16.5. The molecule has 2 N–H and O–H groups in total. The van der Waals surface area contributed by atoms with Crippen molar-refractivity contribution in [3.8, 4) is 0 Å². The number of imidazole rings is 1. The molecule has 0 aliphatic heterocycles. The van der Waals surface area contributed by atoms with E-state index in [1.54, 1.807) is 23.1 Å². The summed E-state index contributed by atoms with van der Waals surface area (Å²) in [5.41, 5.74) is 1.83. The van der Waals surface area contributed by atoms with Gasteiger partial charge in [-0.3, -0.25) is 0 Å². The molecule has 1 aromatic carbocycles. The van der Waals surface area contributed by atoms with Crippen LogP contribution < -0.4 is 5.32 Å². The lowest BCUT2D eigenvalue weighted by molar-refractivity contribution is 0.276. The normalized spacial score (nSPS) is 14.4. The standard InChI is InChI=1S/C15H16ClN5OS2/c16-9-1-4-11-12(7-9)21(5-6-22)13(18-11)8-23-15-20-19-14(24-15)17-10-2-3-10/h1,4,7,10,22H,2-3,5-6,8H2,(H,17,19). The van der Waals surface area contributed by atoms with E-state index in [1.807, 2.05) is 22.8 Å². The van der Waals surface area contributed by atoms with Crippen LogP contribution in [-0.2, 0) is 12.3 Å². The molecule has 24 heavy (non-hydrogen) atoms. The van der Waals surface area contributed by atoms with Gasteiger partial charge in [0.15, 0.2) is 4.34 Å². The molecule has 2 aromatic heterocycles. The van der Waals surface area contributed by atoms with Crippen LogP contribution in [0.15, 0.2) is 22.5 Å². The van der Waals surface area contributed by atoms with E-state index in [0.717, 1.165) is 26.3 Å². The number of nitrogens with one attached hydrogen (secondary N) is 1. The summed E-state index contributed by atoms with van der Waals surface area (Å²) in [5, 5.41) is 22.7. The number of aliphatic hydroxyl groups excluding tert-OH is 1. The van der Waals surface area contributed by atoms with E-state index in [4.69, 9.17) is 11.6 Å². The molecule has 1 aliphatic carbocycles. The van der Waals surface area contributed by atoms with Crippen LogP contribution in [0.4, 0.5) is 5.13 Å². The smallest absolute Gasteiger partial charge is 0.206 e. The van der Waals surface area contributed by atoms with Gasteiger partial charge in [-0.1, -0.05) is 34.7 Å². The summed E-state index contributed by atoms with van der Waals surface area (Å²) < 4.78 is 2.93. The van der Waals surface area contributed by atoms with E-state index in [1.165, 1.54) is 12.8 Å². The average molecular weight is 382 g/mol. The van der Waals surface area contributed by atoms with Crippen LogP contribution in [0.1, 0.15) is 18.7 Å². The van der Waals surface area contributed by atoms with Crippen LogP contribution in [0.2, 0.25) is 5.02 Å². The average Bonchev–Trinajstić information content (AvgIpc) is 3.16. The van der Waals surface area contributed by atoms with Crippen molar-refractivity contribution in [2.24, 2.45) is 0 Å². The fourth-order valence-corrected chi connectivity index (χ4v) is 4.40. The van der Waals surface area contributed by atoms with Crippen LogP contribution >= 0.6 is 34.7 Å². The lowest BCUT2D eigenvalue weighted by Gasteiger charge is -2.06. The Balaban J connectivity index is 1.52. The highest BCUT2D eigenvalue weighted by atomic mass is 35.5. The molecule has 1 saturated carbocycles. The number of hydrogen-bond acceptors (Lipinski definition) is 7. The predicted octanol–water partition coefficient (Wildman–Crippen LogP) is 3.40. The predicted molar refractivity (Wildman–Crippen MR) is 97.9 cm³/mol. The van der Waals surface area contributed by atoms with Gasteiger partial charge in [0.2, 0.25) is 5.13 Å². The number of aromatic nitrogens is 4. The lowest BCUT2D eigenvalue weighted by atomic mass is 10.3. The SMILES string of the molecule is OCCn1c(CSc2nnc(NC3CC3)s2)nc2ccc(Cl)cc21. The molecule has 2 heterocycles. The molecule has 1 aliphatic rings. The van der Waals surface area contributed by atoms with Gasteiger partial charge >= 0.3 is 0 Å². The number of hydrogen-bond donors (Lipinski definition) is 2. The summed E-state index contributed by atoms with van der Waals surface area (Å²) >= 11 is 9.27. The van der Waals surface area contributed by atoms with Crippen molar-refractivity contribution in [1.29, 1.82) is 0 Å². The first-order valence-corrected chi connectivity index (χ1v) is 9.89. The van der Waals surface area contributed by atoms with Crippen molar-refractivity contribution in [3.63, 3.8) is 0 Å². The van der Waals surface area contributed by atoms with Gasteiger partial charge < -0.3 is 15.0 Å². The molecule has 0 bridgehead atoms. The number of anilines is 1. The first-order valence-electron chi connectivity index (χ1n) is 7.71. The molecule has 0 atom stereocenters. The molecule has 3 aromatic rings. The molecule has 0 unspecified atom stereocenters. The van der Waals surface area contributed by atoms with Gasteiger partial charge in [0.05, 0.1) is 23.4 Å². The minimum absolute atomic E-state index is 0.0594. The Morgan fingerprint density at radius 3 is 3.04 bits per heavy atom. The third-order valence-corrected chi connectivity index (χ3v) is 5.97. The molecule has 0 saturated heterocycles. The Kier molecular flexibility index (Phi) is 4.62. The van der Waals surface area contributed by atoms with Gasteiger partial charge in [0.1, 0.15) is 5.82 Å². The monoisotopic (exact) mass is 381 g/mol. The Morgan fingerprint density at radius 2 is 2.25 bits per heavy atom. The van der Waals surface area contributed by atoms with E-state index < -0.39 is 0 Å². The molecule has 0 amide bonds. The maximum Gasteiger partial charge on any atom is 0.206 e. The van der Waals surface area contributed by atoms with Crippen LogP contribution in [0.3, 0.4) is 0 Å². The summed E-state index contributed by atoms with van der Waals surface area (Å²) in [7, 11) is 0. The molecular weight excluding hydrogens is 366 g/mol. The van der Waals surface area contributed by atoms with Crippen molar-refractivity contribution in [2.45, 2.75) is 35.5 Å². The fourth-order valence-electron chi connectivity index (χ4n) is 2.46. The van der Waals surface area contributed by atoms with Crippen molar-refractivity contribution < 1.29 is 5.11 Å². The maximum atomic E-state index is 9.35. The Morgan fingerprint density at radius 1 is 1.38 bits per heavy atom. The second-order valence-corrected chi connectivity index (χ2v) is 8.25. The third-order valence-electron chi connectivity index (χ3n) is 3.75. The Hall–Kier alpha value is -1.35. The van der Waals surface area contributed by atoms with Gasteiger partial charge in [0, 0.05) is 17.6 Å². The summed E-state index contributed by atoms with van der Waals surface area (Å²) in [5.74, 6) is 1.57. The van der Waals surface area contributed by atoms with Gasteiger partial charge in [0.25, 0.3) is 0 Å². The highest BCUT2D eigenvalue weighted by Crippen LogP contribution is 2.32. The molecule has 4 rings (SSSR count). The number of aliphatic hydroxyl groups is 1. The highest BCUT2D eigenvalue weighted by Gasteiger charge is 2.22. The van der Waals surface area contributed by atoms with Crippen molar-refractivity contribution in [1.82, 2.24) is 19.7 Å². The minimum Gasteiger partial charge on any atom is -0.395 e. The van der Waals surface area contributed by atoms with Crippen LogP contribution in [0.5, 0.6) is 0 Å². The topological polar surface area (TPSA) is 75.9 Å². The number of nitrogens with zero attached hydrogens (tertiary/aromatic N) is 4. The zero-order valence-corrected chi connectivity index (χ0v) is 15.2. The quantitative estimate of drug-likeness (QED) is 0.611. The zero-order valence-electron chi connectivity index (χ0n) is 12.8. The molecule has 9 heteroatoms. The van der Waals surface area contributed by atoms with Gasteiger partial charge in [-0.05, 0) is 31.0 Å². The molecule has 126 valence electrons. The largest absolute Gasteiger partial charge is 0.395 e. The summed E-state index contributed by atoms with van der Waals surface area (Å²) in [6.07, 6.45) is 2.44. The first kappa shape index (κ1) is 16.1. The number of thioether (sulfide) groups is 1. The van der Waals surface area contributed by atoms with E-state index in [9.17, 15) is 5.11 Å². The number of benzene rings is 1. The summed E-state index contributed by atoms with van der Waals surface area (Å²) in [6.45, 7) is 0.557. The lowest BCUT2D eigenvalue weighted by Crippen LogP contribution is -2.06. The fraction of sp³-hybridized carbons (Fsp3) is 0.400. The molecule has 0 radical (unpaired) electrons. The number of fused-ring (bicyclic) bond motifs is 1. The van der Waals surface area contributed by atoms with E-state index in [2.05, 4.69) is 20.5 Å². The van der Waals surface area contributed by atoms with Crippen LogP contribution in [0.25, 0.3) is 11.0 Å². The second-order valence-electron chi connectivity index (χ2n) is 5.62. The second kappa shape index (κ2) is 6.87. The van der Waals surface area contributed by atoms with Crippen LogP contribution in [-0.4, -0.2) is 37.5 Å². The van der Waals surface area contributed by atoms with Crippen molar-refractivity contribution in [2.75, 3.05) is 11.9 Å². The first-order chi connectivity index (χ1) is 11.7. The molecule has 6 nitrogen and oxygen atoms in total. The molecular formula is C15H16ClN5OS2. The van der Waals surface area contributed by atoms with Gasteiger partial charge in [-0.25, -0.2) is 4.98 Å². The van der Waals surface area contributed by atoms with Crippen molar-refractivity contribution >= 4 is 50.9 Å². The van der Waals surface area contributed by atoms with Gasteiger partial charge in [-0.15, -0.1) is 10.2 Å². The number of rotatable bonds is 7. The van der Waals surface area contributed by atoms with E-state index in [-0.39, 0.29) is 6.61 Å². The maximum absolute atomic E-state index is 9.35. The summed E-state index contributed by atoms with van der Waals surface area (Å²) in [4.78, 5) is 4.67. The number of halogens is 1. The minimum atomic E-state index is 0.0594. The summed E-state index contributed by atoms with van der Waals surface area (Å²) in [6, 6.07) is 6.20. The van der Waals surface area contributed by atoms with Gasteiger partial charge in [-0.2, -0.15) is 0 Å². The van der Waals surface area contributed by atoms with E-state index >= 15 is 0 Å². The van der Waals surface area contributed by atoms with Crippen LogP contribution in [0, 0.1) is 0 Å². The van der Waals surface area contributed by atoms with E-state index in [0.29, 0.717) is 23.4 Å².